The van der Waals surface area contributed by atoms with Gasteiger partial charge in [0.2, 0.25) is 0 Å². The second-order valence-electron chi connectivity index (χ2n) is 23.3. The van der Waals surface area contributed by atoms with Crippen molar-refractivity contribution in [2.45, 2.75) is 186 Å². The molecule has 0 aromatic carbocycles. The molecule has 0 bridgehead atoms. The second-order valence-corrected chi connectivity index (χ2v) is 113. The first-order valence-electron chi connectivity index (χ1n) is 17.7. The Morgan fingerprint density at radius 2 is 0.375 bits per heavy atom. The van der Waals surface area contributed by atoms with Gasteiger partial charge in [0.15, 0.2) is 0 Å². The minimum atomic E-state index is -1.96. The molecule has 0 aromatic rings. The van der Waals surface area contributed by atoms with Gasteiger partial charge in [-0.3, -0.25) is 0 Å². The van der Waals surface area contributed by atoms with Gasteiger partial charge in [0, 0.05) is 0 Å². The van der Waals surface area contributed by atoms with Gasteiger partial charge in [0.05, 0.1) is 0 Å². The summed E-state index contributed by atoms with van der Waals surface area (Å²) >= 11 is -1.49. The Morgan fingerprint density at radius 1 is 0.271 bits per heavy atom. The molecule has 18 heteroatoms. The summed E-state index contributed by atoms with van der Waals surface area (Å²) in [7, 11) is 20.6. The maximum absolute atomic E-state index is 6.93. The van der Waals surface area contributed by atoms with Gasteiger partial charge in [-0.25, -0.2) is 0 Å². The van der Waals surface area contributed by atoms with Crippen LogP contribution in [0.3, 0.4) is 0 Å². The Balaban J connectivity index is -0.000000633. The molecule has 0 saturated heterocycles. The summed E-state index contributed by atoms with van der Waals surface area (Å²) in [5.41, 5.74) is 0. The van der Waals surface area contributed by atoms with Crippen molar-refractivity contribution in [3.8, 4) is 0 Å². The fourth-order valence-electron chi connectivity index (χ4n) is 12.8. The SMILES string of the molecule is C[Si](C)(C)[C]([Ge]([Cl])=[Ge])([Si](C)(C)C)[Si](C)(C)C.C[Si](C)(C)[C]([Ge]([Cl])[Cl])([Si](C)(C)C)[Si](C)(C)C.C[Si](C)(C)[C]([Ge]([Cl])[Cl])([Si](C)(C)C)[Si](C)(C)C. The van der Waals surface area contributed by atoms with Crippen LogP contribution >= 0.6 is 50.0 Å². The van der Waals surface area contributed by atoms with E-state index in [2.05, 4.69) is 191 Å². The standard InChI is InChI=1S/2C10H27Cl2GeSi3.C10H27ClGe2Si3/c3*1-14(2,3)10(13(11)12,15(4,5)6)16(7,8)9/h3*1-9H3. The normalized spacial score (nSPS) is 15.5. The predicted octanol–water partition coefficient (Wildman–Crippen LogP) is 14.9. The molecule has 0 spiro atoms. The molecule has 48 heavy (non-hydrogen) atoms. The van der Waals surface area contributed by atoms with Gasteiger partial charge in [-0.15, -0.1) is 0 Å². The van der Waals surface area contributed by atoms with Crippen molar-refractivity contribution in [2.75, 3.05) is 0 Å². The molecule has 0 atom stereocenters. The van der Waals surface area contributed by atoms with Crippen LogP contribution in [0.15, 0.2) is 0 Å². The number of halogens is 5. The molecular formula is C30H81Cl5Ge4Si9. The molecule has 0 aliphatic carbocycles. The van der Waals surface area contributed by atoms with Crippen molar-refractivity contribution in [1.82, 2.24) is 0 Å². The Hall–Kier alpha value is 5.57. The summed E-state index contributed by atoms with van der Waals surface area (Å²) in [6, 6.07) is 0. The first kappa shape index (κ1) is 57.9. The summed E-state index contributed by atoms with van der Waals surface area (Å²) in [5.74, 6) is 0. The van der Waals surface area contributed by atoms with E-state index >= 15 is 0 Å². The van der Waals surface area contributed by atoms with E-state index < -0.39 is 109 Å². The molecule has 0 heterocycles. The van der Waals surface area contributed by atoms with Gasteiger partial charge >= 0.3 is 359 Å². The van der Waals surface area contributed by atoms with Crippen LogP contribution in [-0.2, 0) is 0 Å². The third-order valence-corrected chi connectivity index (χ3v) is 162. The van der Waals surface area contributed by atoms with Gasteiger partial charge in [-0.2, -0.15) is 0 Å². The Morgan fingerprint density at radius 3 is 0.375 bits per heavy atom. The molecular weight excluding hydrogens is 1080 g/mol. The van der Waals surface area contributed by atoms with E-state index in [4.69, 9.17) is 50.0 Å². The van der Waals surface area contributed by atoms with Crippen LogP contribution in [0.1, 0.15) is 0 Å². The summed E-state index contributed by atoms with van der Waals surface area (Å²) < 4.78 is 1.51. The summed E-state index contributed by atoms with van der Waals surface area (Å²) in [6.45, 7) is 67.9. The number of hydrogen-bond acceptors (Lipinski definition) is 0. The third kappa shape index (κ3) is 12.1. The molecule has 0 aliphatic rings. The topological polar surface area (TPSA) is 0 Å². The minimum absolute atomic E-state index is 0.427. The molecule has 4 radical (unpaired) electrons. The van der Waals surface area contributed by atoms with Gasteiger partial charge in [0.25, 0.3) is 0 Å². The van der Waals surface area contributed by atoms with Crippen molar-refractivity contribution in [2.24, 2.45) is 0 Å². The zero-order valence-corrected chi connectivity index (χ0v) is 58.1. The van der Waals surface area contributed by atoms with Crippen LogP contribution in [0, 0.1) is 0 Å². The number of hydrogen-bond donors (Lipinski definition) is 0. The van der Waals surface area contributed by atoms with E-state index in [1.807, 2.05) is 0 Å². The van der Waals surface area contributed by atoms with Gasteiger partial charge < -0.3 is 0 Å². The zero-order chi connectivity index (χ0) is 40.7. The summed E-state index contributed by atoms with van der Waals surface area (Å²) in [4.78, 5) is 0. The molecule has 0 aromatic heterocycles. The third-order valence-electron chi connectivity index (χ3n) is 11.0. The van der Waals surface area contributed by atoms with E-state index in [1.54, 1.807) is 0 Å². The molecule has 0 rings (SSSR count). The predicted molar refractivity (Wildman–Crippen MR) is 270 cm³/mol. The Labute approximate surface area is 353 Å². The molecule has 0 fully saturated rings. The van der Waals surface area contributed by atoms with E-state index in [0.29, 0.717) is 9.35 Å². The van der Waals surface area contributed by atoms with Gasteiger partial charge in [0.1, 0.15) is 0 Å². The summed E-state index contributed by atoms with van der Waals surface area (Å²) in [6.07, 6.45) is 0. The first-order valence-corrected chi connectivity index (χ1v) is 72.6. The second kappa shape index (κ2) is 18.7. The molecule has 0 aliphatic heterocycles. The van der Waals surface area contributed by atoms with Gasteiger partial charge in [-0.05, 0) is 0 Å². The average Bonchev–Trinajstić information content (AvgIpc) is 2.56. The quantitative estimate of drug-likeness (QED) is 0.171. The molecule has 0 N–H and O–H groups in total. The van der Waals surface area contributed by atoms with Crippen LogP contribution in [-0.4, -0.2) is 123 Å². The van der Waals surface area contributed by atoms with Crippen molar-refractivity contribution in [1.29, 1.82) is 0 Å². The molecule has 0 nitrogen and oxygen atoms in total. The average molecular weight is 1160 g/mol. The van der Waals surface area contributed by atoms with Crippen LogP contribution in [0.5, 0.6) is 0 Å². The molecule has 0 amide bonds. The van der Waals surface area contributed by atoms with Crippen LogP contribution < -0.4 is 0 Å². The Bertz CT molecular complexity index is 885. The van der Waals surface area contributed by atoms with Crippen LogP contribution in [0.25, 0.3) is 0 Å². The van der Waals surface area contributed by atoms with Crippen LogP contribution in [0.2, 0.25) is 186 Å². The molecule has 288 valence electrons. The molecule has 0 unspecified atom stereocenters. The van der Waals surface area contributed by atoms with Gasteiger partial charge in [-0.1, -0.05) is 0 Å². The van der Waals surface area contributed by atoms with E-state index in [9.17, 15) is 0 Å². The van der Waals surface area contributed by atoms with E-state index in [-0.39, 0.29) is 0 Å². The summed E-state index contributed by atoms with van der Waals surface area (Å²) in [5, 5.41) is 0. The monoisotopic (exact) mass is 1160 g/mol. The van der Waals surface area contributed by atoms with E-state index in [0.717, 1.165) is 0 Å². The number of rotatable bonds is 12. The molecule has 0 saturated carbocycles. The maximum atomic E-state index is 6.93. The zero-order valence-electron chi connectivity index (χ0n) is 36.9. The first-order chi connectivity index (χ1) is 20.1. The van der Waals surface area contributed by atoms with Crippen molar-refractivity contribution >= 4 is 173 Å². The van der Waals surface area contributed by atoms with E-state index in [1.165, 1.54) is 0 Å². The van der Waals surface area contributed by atoms with Crippen molar-refractivity contribution in [3.05, 3.63) is 0 Å². The Kier molecular flexibility index (Phi) is 22.5. The van der Waals surface area contributed by atoms with Crippen molar-refractivity contribution < 1.29 is 0 Å². The van der Waals surface area contributed by atoms with Crippen LogP contribution in [0.4, 0.5) is 0 Å². The fourth-order valence-corrected chi connectivity index (χ4v) is 236. The fraction of sp³-hybridized carbons (Fsp3) is 1.00. The van der Waals surface area contributed by atoms with Crippen molar-refractivity contribution in [3.63, 3.8) is 0 Å².